The first kappa shape index (κ1) is 81.9. The molecule has 0 spiro atoms. The van der Waals surface area contributed by atoms with E-state index < -0.39 is 112 Å². The Kier molecular flexibility index (Phi) is 25.3. The van der Waals surface area contributed by atoms with Gasteiger partial charge in [0.25, 0.3) is 29.1 Å². The van der Waals surface area contributed by atoms with Crippen molar-refractivity contribution in [3.63, 3.8) is 0 Å². The summed E-state index contributed by atoms with van der Waals surface area (Å²) in [5.74, 6) is -10.3. The molecule has 10 heterocycles. The minimum atomic E-state index is -0.875. The van der Waals surface area contributed by atoms with E-state index in [9.17, 15) is 74.7 Å². The molecule has 5 N–H and O–H groups in total. The van der Waals surface area contributed by atoms with Crippen molar-refractivity contribution in [3.05, 3.63) is 232 Å². The van der Waals surface area contributed by atoms with Gasteiger partial charge in [-0.15, -0.1) is 20.4 Å². The van der Waals surface area contributed by atoms with Crippen molar-refractivity contribution in [3.8, 4) is 0 Å². The van der Waals surface area contributed by atoms with E-state index in [-0.39, 0.29) is 82.0 Å². The van der Waals surface area contributed by atoms with Crippen molar-refractivity contribution in [1.82, 2.24) is 73.3 Å². The first-order valence-corrected chi connectivity index (χ1v) is 35.8. The Balaban J connectivity index is 0.000000143. The summed E-state index contributed by atoms with van der Waals surface area (Å²) in [6.45, 7) is 3.32. The van der Waals surface area contributed by atoms with Crippen LogP contribution in [0.4, 0.5) is 22.0 Å². The van der Waals surface area contributed by atoms with Crippen molar-refractivity contribution in [2.24, 2.45) is 18.7 Å². The molecular formula is C72H53F5N16O18S4. The highest BCUT2D eigenvalue weighted by Crippen LogP contribution is 2.31. The molecule has 0 aliphatic carbocycles. The number of rotatable bonds is 19. The molecule has 0 aliphatic rings. The van der Waals surface area contributed by atoms with Crippen LogP contribution in [0.25, 0.3) is 54.5 Å². The largest absolute Gasteiger partial charge is 0.464 e. The Bertz CT molecular complexity index is 5990. The van der Waals surface area contributed by atoms with Crippen LogP contribution in [-0.2, 0) is 47.0 Å². The Morgan fingerprint density at radius 1 is 0.443 bits per heavy atom. The molecule has 15 rings (SSSR count). The van der Waals surface area contributed by atoms with Crippen LogP contribution < -0.4 is 5.73 Å². The highest BCUT2D eigenvalue weighted by molar-refractivity contribution is 7.15. The van der Waals surface area contributed by atoms with Crippen LogP contribution in [0, 0.1) is 35.0 Å². The minimum Gasteiger partial charge on any atom is -0.464 e. The SMILES string of the molecule is COC(=O)c1nnc(C(=O)c2c[nH]c3ccc(F)cc23)s1.COC(=O)c1nnc(C(=O)c2c[nH]c3ccc(F)cc23)s1.COC(=O)c1noc(C(=O)c2cn(COC(=O)C(N)C(C)C)c3ccc(F)cc23)n1.COC(=O)c1nsc(C(=O)c2c[nH]c3ccc(F)cc23)n1.COC(=O)c1nsc(C(=O)c2cn(C)c3ccc(F)cc23)n1. The molecule has 0 bridgehead atoms. The zero-order valence-corrected chi connectivity index (χ0v) is 63.5. The van der Waals surface area contributed by atoms with Crippen LogP contribution in [0.1, 0.15) is 143 Å². The monoisotopic (exact) mass is 1650 g/mol. The standard InChI is InChI=1S/C19H19FN4O6.C14H10FN3O3S.3C13H8FN3O3S/c1-9(2)14(21)18(26)29-8-24-7-12(11-6-10(20)4-5-13(11)24)15(25)17-22-16(23-30-17)19(27)28-3;1-18-6-9(8-5-7(15)3-4-10(8)18)11(19)13-16-12(17-22-13)14(20)21-2;1-20-13(19)11-16-12(21-17-11)10(18)8-5-15-9-3-2-6(14)4-7(8)9;2*1-20-13(19)12-17-16-11(21-12)10(18)8-5-15-9-3-2-6(14)4-7(8)9/h4-7,9,14H,8,21H2,1-3H3;3-6H,1-2H3;3*2-5,15H,1H3. The van der Waals surface area contributed by atoms with Crippen LogP contribution >= 0.6 is 45.7 Å². The van der Waals surface area contributed by atoms with Crippen molar-refractivity contribution in [2.45, 2.75) is 26.6 Å². The lowest BCUT2D eigenvalue weighted by atomic mass is 10.1. The Morgan fingerprint density at radius 3 is 1.23 bits per heavy atom. The average molecular weight is 1650 g/mol. The lowest BCUT2D eigenvalue weighted by Gasteiger charge is -2.15. The number of ketones is 5. The van der Waals surface area contributed by atoms with Crippen LogP contribution in [0.3, 0.4) is 0 Å². The molecule has 1 unspecified atom stereocenters. The third kappa shape index (κ3) is 18.1. The van der Waals surface area contributed by atoms with Gasteiger partial charge >= 0.3 is 35.8 Å². The molecule has 5 aromatic carbocycles. The number of aromatic amines is 3. The number of halogens is 5. The molecule has 588 valence electrons. The summed E-state index contributed by atoms with van der Waals surface area (Å²) in [4.78, 5) is 151. The molecule has 34 nitrogen and oxygen atoms in total. The lowest BCUT2D eigenvalue weighted by molar-refractivity contribution is -0.150. The molecule has 0 saturated carbocycles. The molecule has 0 amide bonds. The second kappa shape index (κ2) is 35.5. The first-order chi connectivity index (χ1) is 55.0. The van der Waals surface area contributed by atoms with Crippen molar-refractivity contribution >= 4 is 165 Å². The number of benzene rings is 5. The lowest BCUT2D eigenvalue weighted by Crippen LogP contribution is -2.37. The Labute approximate surface area is 655 Å². The molecule has 15 aromatic rings. The number of ether oxygens (including phenoxy) is 6. The second-order valence-corrected chi connectivity index (χ2v) is 27.2. The zero-order valence-electron chi connectivity index (χ0n) is 60.2. The number of fused-ring (bicyclic) bond motifs is 5. The quantitative estimate of drug-likeness (QED) is 0.0253. The molecular weight excluding hydrogens is 1600 g/mol. The molecule has 115 heavy (non-hydrogen) atoms. The number of nitrogens with zero attached hydrogens (tertiary/aromatic N) is 12. The number of aryl methyl sites for hydroxylation is 1. The van der Waals surface area contributed by atoms with Gasteiger partial charge in [0.1, 0.15) is 35.1 Å². The topological polar surface area (TPSA) is 468 Å². The number of hydrogen-bond acceptors (Lipinski definition) is 33. The summed E-state index contributed by atoms with van der Waals surface area (Å²) in [7, 11) is 7.73. The maximum atomic E-state index is 13.8. The number of nitrogens with two attached hydrogens (primary N) is 1. The van der Waals surface area contributed by atoms with Gasteiger partial charge in [-0.1, -0.05) is 36.5 Å². The van der Waals surface area contributed by atoms with E-state index in [2.05, 4.69) is 87.9 Å². The van der Waals surface area contributed by atoms with Gasteiger partial charge in [-0.05, 0) is 125 Å². The molecule has 0 fully saturated rings. The number of carbonyl (C=O) groups excluding carboxylic acids is 11. The fourth-order valence-electron chi connectivity index (χ4n) is 10.5. The highest BCUT2D eigenvalue weighted by atomic mass is 32.1. The summed E-state index contributed by atoms with van der Waals surface area (Å²) < 4.78 is 110. The first-order valence-electron chi connectivity index (χ1n) is 32.6. The highest BCUT2D eigenvalue weighted by Gasteiger charge is 2.30. The summed E-state index contributed by atoms with van der Waals surface area (Å²) >= 11 is 3.26. The molecule has 0 radical (unpaired) electrons. The Morgan fingerprint density at radius 2 is 0.809 bits per heavy atom. The zero-order chi connectivity index (χ0) is 82.8. The van der Waals surface area contributed by atoms with Gasteiger partial charge in [-0.2, -0.15) is 13.7 Å². The third-order valence-corrected chi connectivity index (χ3v) is 19.4. The normalized spacial score (nSPS) is 11.2. The summed E-state index contributed by atoms with van der Waals surface area (Å²) in [6.07, 6.45) is 7.40. The van der Waals surface area contributed by atoms with E-state index in [0.29, 0.717) is 49.2 Å². The van der Waals surface area contributed by atoms with Crippen molar-refractivity contribution < 1.29 is 108 Å². The predicted molar refractivity (Wildman–Crippen MR) is 396 cm³/mol. The van der Waals surface area contributed by atoms with Gasteiger partial charge in [0, 0.05) is 87.0 Å². The van der Waals surface area contributed by atoms with Crippen LogP contribution in [0.15, 0.2) is 127 Å². The van der Waals surface area contributed by atoms with E-state index in [1.165, 1.54) is 118 Å². The van der Waals surface area contributed by atoms with E-state index in [0.717, 1.165) is 64.4 Å². The van der Waals surface area contributed by atoms with E-state index in [1.807, 2.05) is 0 Å². The van der Waals surface area contributed by atoms with Crippen molar-refractivity contribution in [2.75, 3.05) is 35.5 Å². The van der Waals surface area contributed by atoms with Gasteiger partial charge in [-0.3, -0.25) is 28.8 Å². The van der Waals surface area contributed by atoms with Crippen LogP contribution in [0.2, 0.25) is 0 Å². The molecule has 1 atom stereocenters. The van der Waals surface area contributed by atoms with Crippen LogP contribution in [0.5, 0.6) is 0 Å². The number of hydrogen-bond donors (Lipinski definition) is 4. The fraction of sp³-hybridized carbons (Fsp3) is 0.153. The van der Waals surface area contributed by atoms with Gasteiger partial charge in [0.15, 0.2) is 26.8 Å². The second-order valence-electron chi connectivity index (χ2n) is 23.7. The third-order valence-electron chi connectivity index (χ3n) is 16.2. The summed E-state index contributed by atoms with van der Waals surface area (Å²) in [6, 6.07) is 19.5. The molecule has 0 aliphatic heterocycles. The van der Waals surface area contributed by atoms with Gasteiger partial charge in [0.2, 0.25) is 33.1 Å². The van der Waals surface area contributed by atoms with Crippen molar-refractivity contribution in [1.29, 1.82) is 0 Å². The molecule has 43 heteroatoms. The smallest absolute Gasteiger partial charge is 0.379 e. The maximum absolute atomic E-state index is 13.8. The fourth-order valence-corrected chi connectivity index (χ4v) is 13.1. The predicted octanol–water partition coefficient (Wildman–Crippen LogP) is 10.4. The van der Waals surface area contributed by atoms with Crippen LogP contribution in [-0.4, -0.2) is 180 Å². The van der Waals surface area contributed by atoms with E-state index in [4.69, 9.17) is 15.0 Å². The number of nitrogens with one attached hydrogen (secondary N) is 3. The van der Waals surface area contributed by atoms with Gasteiger partial charge in [0.05, 0.1) is 68.9 Å². The maximum Gasteiger partial charge on any atom is 0.379 e. The number of methoxy groups -OCH3 is 5. The number of carbonyl (C=O) groups is 11. The molecule has 10 aromatic heterocycles. The van der Waals surface area contributed by atoms with E-state index in [1.54, 1.807) is 55.9 Å². The summed E-state index contributed by atoms with van der Waals surface area (Å²) in [5, 5.41) is 20.2. The Hall–Kier alpha value is -14.0. The number of aromatic nitrogens is 15. The minimum absolute atomic E-state index is 0.00753. The number of H-pyrrole nitrogens is 3. The van der Waals surface area contributed by atoms with E-state index >= 15 is 0 Å². The number of esters is 6. The summed E-state index contributed by atoms with van der Waals surface area (Å²) in [5.41, 5.74) is 9.99. The van der Waals surface area contributed by atoms with Gasteiger partial charge < -0.3 is 62.8 Å². The average Bonchev–Trinajstić information content (AvgIpc) is 1.67. The van der Waals surface area contributed by atoms with Gasteiger partial charge in [-0.25, -0.2) is 55.9 Å². The molecule has 0 saturated heterocycles.